The van der Waals surface area contributed by atoms with Gasteiger partial charge in [-0.2, -0.15) is 4.39 Å². The highest BCUT2D eigenvalue weighted by Gasteiger charge is 2.05. The monoisotopic (exact) mass is 203 g/mol. The third kappa shape index (κ3) is 1.96. The molecule has 76 valence electrons. The zero-order chi connectivity index (χ0) is 10.8. The van der Waals surface area contributed by atoms with Crippen LogP contribution in [0.25, 0.3) is 11.1 Å². The summed E-state index contributed by atoms with van der Waals surface area (Å²) in [6, 6.07) is 8.18. The number of phenols is 1. The molecule has 0 radical (unpaired) electrons. The Morgan fingerprint density at radius 3 is 2.73 bits per heavy atom. The van der Waals surface area contributed by atoms with Crippen LogP contribution in [0.2, 0.25) is 0 Å². The number of rotatable bonds is 1. The summed E-state index contributed by atoms with van der Waals surface area (Å²) in [5.41, 5.74) is 2.26. The van der Waals surface area contributed by atoms with E-state index in [9.17, 15) is 9.50 Å². The van der Waals surface area contributed by atoms with Crippen molar-refractivity contribution in [2.24, 2.45) is 0 Å². The van der Waals surface area contributed by atoms with Crippen molar-refractivity contribution in [2.75, 3.05) is 0 Å². The van der Waals surface area contributed by atoms with Crippen LogP contribution >= 0.6 is 0 Å². The van der Waals surface area contributed by atoms with Gasteiger partial charge in [-0.25, -0.2) is 4.98 Å². The lowest BCUT2D eigenvalue weighted by atomic mass is 10.0. The smallest absolute Gasteiger partial charge is 0.213 e. The lowest BCUT2D eigenvalue weighted by Crippen LogP contribution is -1.85. The van der Waals surface area contributed by atoms with Gasteiger partial charge in [0.15, 0.2) is 0 Å². The summed E-state index contributed by atoms with van der Waals surface area (Å²) in [6.07, 6.45) is 1.38. The Morgan fingerprint density at radius 2 is 2.00 bits per heavy atom. The third-order valence-corrected chi connectivity index (χ3v) is 2.19. The maximum Gasteiger partial charge on any atom is 0.213 e. The van der Waals surface area contributed by atoms with E-state index in [0.717, 1.165) is 5.56 Å². The highest BCUT2D eigenvalue weighted by atomic mass is 19.1. The summed E-state index contributed by atoms with van der Waals surface area (Å²) < 4.78 is 12.9. The molecule has 0 spiro atoms. The van der Waals surface area contributed by atoms with Gasteiger partial charge in [-0.1, -0.05) is 11.6 Å². The molecular weight excluding hydrogens is 193 g/mol. The van der Waals surface area contributed by atoms with Gasteiger partial charge in [-0.3, -0.25) is 0 Å². The Morgan fingerprint density at radius 1 is 1.20 bits per heavy atom. The fourth-order valence-electron chi connectivity index (χ4n) is 1.45. The number of phenolic OH excluding ortho intramolecular Hbond substituents is 1. The number of hydrogen-bond donors (Lipinski definition) is 1. The molecule has 0 aliphatic rings. The lowest BCUT2D eigenvalue weighted by Gasteiger charge is -2.05. The first kappa shape index (κ1) is 9.65. The molecule has 0 bridgehead atoms. The number of aromatic hydroxyl groups is 1. The van der Waals surface area contributed by atoms with Crippen LogP contribution in [-0.4, -0.2) is 10.1 Å². The number of aryl methyl sites for hydroxylation is 1. The van der Waals surface area contributed by atoms with E-state index >= 15 is 0 Å². The Hall–Kier alpha value is -1.90. The van der Waals surface area contributed by atoms with Gasteiger partial charge in [0.05, 0.1) is 0 Å². The minimum atomic E-state index is -0.548. The van der Waals surface area contributed by atoms with E-state index in [2.05, 4.69) is 4.98 Å². The average molecular weight is 203 g/mol. The second-order valence-electron chi connectivity index (χ2n) is 3.39. The van der Waals surface area contributed by atoms with Crippen molar-refractivity contribution >= 4 is 0 Å². The second kappa shape index (κ2) is 3.69. The molecule has 0 amide bonds. The first-order valence-corrected chi connectivity index (χ1v) is 4.58. The van der Waals surface area contributed by atoms with E-state index in [1.165, 1.54) is 12.3 Å². The molecule has 1 aromatic carbocycles. The maximum absolute atomic E-state index is 12.9. The molecule has 2 rings (SSSR count). The topological polar surface area (TPSA) is 33.1 Å². The lowest BCUT2D eigenvalue weighted by molar-refractivity contribution is 0.477. The molecule has 1 aromatic heterocycles. The van der Waals surface area contributed by atoms with E-state index in [-0.39, 0.29) is 5.75 Å². The van der Waals surface area contributed by atoms with Crippen LogP contribution in [0, 0.1) is 12.9 Å². The zero-order valence-electron chi connectivity index (χ0n) is 8.24. The molecule has 0 saturated heterocycles. The van der Waals surface area contributed by atoms with Crippen LogP contribution in [-0.2, 0) is 0 Å². The van der Waals surface area contributed by atoms with Gasteiger partial charge in [0.25, 0.3) is 0 Å². The molecule has 1 N–H and O–H groups in total. The fraction of sp³-hybridized carbons (Fsp3) is 0.0833. The molecule has 1 heterocycles. The van der Waals surface area contributed by atoms with E-state index in [0.29, 0.717) is 11.1 Å². The molecule has 2 nitrogen and oxygen atoms in total. The van der Waals surface area contributed by atoms with Crippen LogP contribution in [0.5, 0.6) is 5.75 Å². The fourth-order valence-corrected chi connectivity index (χ4v) is 1.45. The number of aromatic nitrogens is 1. The van der Waals surface area contributed by atoms with Crippen LogP contribution < -0.4 is 0 Å². The van der Waals surface area contributed by atoms with Gasteiger partial charge < -0.3 is 5.11 Å². The van der Waals surface area contributed by atoms with Gasteiger partial charge in [-0.05, 0) is 30.7 Å². The molecule has 15 heavy (non-hydrogen) atoms. The van der Waals surface area contributed by atoms with Gasteiger partial charge in [0, 0.05) is 17.8 Å². The first-order valence-electron chi connectivity index (χ1n) is 4.58. The van der Waals surface area contributed by atoms with Gasteiger partial charge >= 0.3 is 0 Å². The van der Waals surface area contributed by atoms with Crippen molar-refractivity contribution in [2.45, 2.75) is 6.92 Å². The standard InChI is InChI=1S/C12H10FNO/c1-8-2-3-11(15)10(6-8)9-4-5-14-12(13)7-9/h2-7,15H,1H3. The number of pyridine rings is 1. The van der Waals surface area contributed by atoms with Crippen LogP contribution in [0.4, 0.5) is 4.39 Å². The molecule has 0 saturated carbocycles. The molecule has 0 aliphatic carbocycles. The predicted molar refractivity (Wildman–Crippen MR) is 56.0 cm³/mol. The van der Waals surface area contributed by atoms with Crippen molar-refractivity contribution in [1.82, 2.24) is 4.98 Å². The van der Waals surface area contributed by atoms with Crippen LogP contribution in [0.1, 0.15) is 5.56 Å². The number of benzene rings is 1. The van der Waals surface area contributed by atoms with Crippen molar-refractivity contribution in [3.8, 4) is 16.9 Å². The summed E-state index contributed by atoms with van der Waals surface area (Å²) in [4.78, 5) is 3.47. The molecule has 2 aromatic rings. The minimum absolute atomic E-state index is 0.145. The summed E-state index contributed by atoms with van der Waals surface area (Å²) in [7, 11) is 0. The summed E-state index contributed by atoms with van der Waals surface area (Å²) in [5, 5.41) is 9.64. The van der Waals surface area contributed by atoms with Crippen molar-refractivity contribution < 1.29 is 9.50 Å². The third-order valence-electron chi connectivity index (χ3n) is 2.19. The normalized spacial score (nSPS) is 10.3. The SMILES string of the molecule is Cc1ccc(O)c(-c2ccnc(F)c2)c1. The van der Waals surface area contributed by atoms with Crippen molar-refractivity contribution in [3.63, 3.8) is 0 Å². The largest absolute Gasteiger partial charge is 0.507 e. The molecule has 0 aliphatic heterocycles. The van der Waals surface area contributed by atoms with Crippen molar-refractivity contribution in [3.05, 3.63) is 48.0 Å². The first-order chi connectivity index (χ1) is 7.16. The van der Waals surface area contributed by atoms with E-state index in [1.807, 2.05) is 13.0 Å². The quantitative estimate of drug-likeness (QED) is 0.723. The van der Waals surface area contributed by atoms with Gasteiger partial charge in [0.2, 0.25) is 5.95 Å². The highest BCUT2D eigenvalue weighted by Crippen LogP contribution is 2.29. The van der Waals surface area contributed by atoms with Gasteiger partial charge in [0.1, 0.15) is 5.75 Å². The minimum Gasteiger partial charge on any atom is -0.507 e. The Balaban J connectivity index is 2.58. The van der Waals surface area contributed by atoms with Gasteiger partial charge in [-0.15, -0.1) is 0 Å². The maximum atomic E-state index is 12.9. The molecule has 0 atom stereocenters. The van der Waals surface area contributed by atoms with Crippen LogP contribution in [0.3, 0.4) is 0 Å². The Labute approximate surface area is 87.0 Å². The van der Waals surface area contributed by atoms with Crippen LogP contribution in [0.15, 0.2) is 36.5 Å². The average Bonchev–Trinajstić information content (AvgIpc) is 2.22. The second-order valence-corrected chi connectivity index (χ2v) is 3.39. The number of halogens is 1. The highest BCUT2D eigenvalue weighted by molar-refractivity contribution is 5.70. The Bertz CT molecular complexity index is 497. The summed E-state index contributed by atoms with van der Waals surface area (Å²) in [6.45, 7) is 1.92. The van der Waals surface area contributed by atoms with E-state index in [1.54, 1.807) is 18.2 Å². The summed E-state index contributed by atoms with van der Waals surface area (Å²) in [5.74, 6) is -0.403. The van der Waals surface area contributed by atoms with E-state index in [4.69, 9.17) is 0 Å². The molecule has 0 unspecified atom stereocenters. The summed E-state index contributed by atoms with van der Waals surface area (Å²) >= 11 is 0. The van der Waals surface area contributed by atoms with E-state index < -0.39 is 5.95 Å². The molecule has 0 fully saturated rings. The number of hydrogen-bond acceptors (Lipinski definition) is 2. The molecular formula is C12H10FNO. The zero-order valence-corrected chi connectivity index (χ0v) is 8.24. The molecule has 3 heteroatoms. The predicted octanol–water partition coefficient (Wildman–Crippen LogP) is 2.90. The Kier molecular flexibility index (Phi) is 2.37. The van der Waals surface area contributed by atoms with Crippen molar-refractivity contribution in [1.29, 1.82) is 0 Å². The number of nitrogens with zero attached hydrogens (tertiary/aromatic N) is 1.